The first-order valence-electron chi connectivity index (χ1n) is 9.41. The van der Waals surface area contributed by atoms with Crippen LogP contribution in [0.4, 0.5) is 5.82 Å². The molecule has 0 amide bonds. The molecule has 1 aromatic heterocycles. The van der Waals surface area contributed by atoms with Gasteiger partial charge in [-0.1, -0.05) is 22.9 Å². The number of aromatic nitrogens is 2. The van der Waals surface area contributed by atoms with Gasteiger partial charge >= 0.3 is 14.2 Å². The van der Waals surface area contributed by atoms with Gasteiger partial charge in [0.15, 0.2) is 0 Å². The molecule has 1 saturated heterocycles. The Morgan fingerprint density at radius 1 is 1.40 bits per heavy atom. The fourth-order valence-corrected chi connectivity index (χ4v) is 4.45. The fourth-order valence-electron chi connectivity index (χ4n) is 3.01. The summed E-state index contributed by atoms with van der Waals surface area (Å²) in [4.78, 5) is 27.2. The second kappa shape index (κ2) is 10.5. The van der Waals surface area contributed by atoms with Gasteiger partial charge in [0.05, 0.1) is 19.3 Å². The second-order valence-electron chi connectivity index (χ2n) is 7.04. The topological polar surface area (TPSA) is 118 Å². The number of halogens is 1. The molecule has 1 fully saturated rings. The van der Waals surface area contributed by atoms with Gasteiger partial charge in [-0.2, -0.15) is 4.98 Å². The number of carbonyl (C=O) groups is 1. The number of carbonyl (C=O) groups excluding carboxylic acids is 1. The molecule has 0 saturated carbocycles. The number of rotatable bonds is 9. The van der Waals surface area contributed by atoms with Crippen molar-refractivity contribution < 1.29 is 18.6 Å². The summed E-state index contributed by atoms with van der Waals surface area (Å²) in [5, 5.41) is 3.00. The number of nitrogen functional groups attached to an aromatic ring is 1. The van der Waals surface area contributed by atoms with E-state index in [9.17, 15) is 9.59 Å². The molecular formula is C19H24BrN4O5P. The molecule has 3 N–H and O–H groups in total. The molecule has 4 atom stereocenters. The van der Waals surface area contributed by atoms with Crippen molar-refractivity contribution in [1.29, 1.82) is 0 Å². The first kappa shape index (κ1) is 22.8. The van der Waals surface area contributed by atoms with Crippen LogP contribution in [0.2, 0.25) is 0 Å². The molecule has 30 heavy (non-hydrogen) atoms. The molecular weight excluding hydrogens is 475 g/mol. The summed E-state index contributed by atoms with van der Waals surface area (Å²) in [7, 11) is -1.55. The lowest BCUT2D eigenvalue weighted by Gasteiger charge is -2.21. The molecule has 1 aliphatic rings. The van der Waals surface area contributed by atoms with Gasteiger partial charge < -0.3 is 19.5 Å². The maximum atomic E-state index is 12.1. The van der Waals surface area contributed by atoms with Crippen LogP contribution in [-0.2, 0) is 14.1 Å². The van der Waals surface area contributed by atoms with Crippen molar-refractivity contribution in [2.75, 3.05) is 18.9 Å². The summed E-state index contributed by atoms with van der Waals surface area (Å²) in [6, 6.07) is 8.90. The number of nitrogens with zero attached hydrogens (tertiary/aromatic N) is 2. The SMILES string of the molecule is CC(=O)CNP(OCC1C[C@H](C)[C@H](n2ccc(N)nc2=O)O1)Oc1ccc(Br)cc1. The Balaban J connectivity index is 1.60. The minimum Gasteiger partial charge on any atom is -0.436 e. The lowest BCUT2D eigenvalue weighted by Crippen LogP contribution is -2.29. The average molecular weight is 499 g/mol. The first-order chi connectivity index (χ1) is 14.3. The molecule has 0 aliphatic carbocycles. The van der Waals surface area contributed by atoms with Crippen molar-refractivity contribution in [3.05, 3.63) is 51.5 Å². The number of nitrogens with one attached hydrogen (secondary N) is 1. The molecule has 1 aromatic carbocycles. The van der Waals surface area contributed by atoms with Crippen molar-refractivity contribution in [2.24, 2.45) is 5.92 Å². The van der Waals surface area contributed by atoms with Gasteiger partial charge in [0, 0.05) is 16.6 Å². The highest BCUT2D eigenvalue weighted by Gasteiger charge is 2.35. The predicted molar refractivity (Wildman–Crippen MR) is 117 cm³/mol. The molecule has 2 aromatic rings. The van der Waals surface area contributed by atoms with E-state index in [4.69, 9.17) is 19.5 Å². The van der Waals surface area contributed by atoms with Crippen LogP contribution in [0.25, 0.3) is 0 Å². The number of ketones is 1. The van der Waals surface area contributed by atoms with Crippen molar-refractivity contribution in [3.63, 3.8) is 0 Å². The lowest BCUT2D eigenvalue weighted by molar-refractivity contribution is -0.116. The molecule has 11 heteroatoms. The standard InChI is InChI=1S/C19H24BrN4O5P/c1-12-9-16(28-18(12)24-8-7-17(21)23-19(24)26)11-27-30(22-10-13(2)25)29-15-5-3-14(20)4-6-15/h3-8,12,16,18,22H,9-11H2,1-2H3,(H2,21,23,26)/t12-,16?,18+,30?/m0/s1. The summed E-state index contributed by atoms with van der Waals surface area (Å²) >= 11 is 3.38. The van der Waals surface area contributed by atoms with Crippen molar-refractivity contribution >= 4 is 36.1 Å². The van der Waals surface area contributed by atoms with E-state index in [2.05, 4.69) is 26.0 Å². The van der Waals surface area contributed by atoms with Crippen LogP contribution in [0.1, 0.15) is 26.5 Å². The number of hydrogen-bond acceptors (Lipinski definition) is 8. The maximum absolute atomic E-state index is 12.1. The maximum Gasteiger partial charge on any atom is 0.351 e. The van der Waals surface area contributed by atoms with E-state index >= 15 is 0 Å². The van der Waals surface area contributed by atoms with Gasteiger partial charge in [-0.3, -0.25) is 9.36 Å². The third-order valence-corrected chi connectivity index (χ3v) is 6.12. The number of anilines is 1. The van der Waals surface area contributed by atoms with Crippen LogP contribution in [-0.4, -0.2) is 34.6 Å². The summed E-state index contributed by atoms with van der Waals surface area (Å²) in [5.41, 5.74) is 5.11. The highest BCUT2D eigenvalue weighted by Crippen LogP contribution is 2.39. The van der Waals surface area contributed by atoms with Gasteiger partial charge in [-0.25, -0.2) is 9.88 Å². The Labute approximate surface area is 184 Å². The molecule has 162 valence electrons. The van der Waals surface area contributed by atoms with Crippen LogP contribution in [0.5, 0.6) is 5.75 Å². The van der Waals surface area contributed by atoms with Gasteiger partial charge in [-0.15, -0.1) is 0 Å². The number of Topliss-reactive ketones (excluding diaryl/α,β-unsaturated/α-hetero) is 1. The largest absolute Gasteiger partial charge is 0.436 e. The quantitative estimate of drug-likeness (QED) is 0.506. The molecule has 3 rings (SSSR count). The summed E-state index contributed by atoms with van der Waals surface area (Å²) in [5.74, 6) is 0.865. The predicted octanol–water partition coefficient (Wildman–Crippen LogP) is 3.01. The Morgan fingerprint density at radius 3 is 2.80 bits per heavy atom. The Kier molecular flexibility index (Phi) is 7.96. The average Bonchev–Trinajstić information content (AvgIpc) is 3.06. The minimum absolute atomic E-state index is 0.0217. The van der Waals surface area contributed by atoms with Crippen LogP contribution in [0.15, 0.2) is 45.8 Å². The zero-order chi connectivity index (χ0) is 21.7. The smallest absolute Gasteiger partial charge is 0.351 e. The molecule has 2 unspecified atom stereocenters. The first-order valence-corrected chi connectivity index (χ1v) is 11.4. The van der Waals surface area contributed by atoms with Crippen LogP contribution in [0, 0.1) is 5.92 Å². The van der Waals surface area contributed by atoms with Crippen molar-refractivity contribution in [1.82, 2.24) is 14.6 Å². The van der Waals surface area contributed by atoms with Crippen molar-refractivity contribution in [3.8, 4) is 5.75 Å². The monoisotopic (exact) mass is 498 g/mol. The van der Waals surface area contributed by atoms with E-state index in [0.717, 1.165) is 4.47 Å². The number of hydrogen-bond donors (Lipinski definition) is 2. The normalized spacial score (nSPS) is 22.0. The molecule has 1 aliphatic heterocycles. The van der Waals surface area contributed by atoms with Crippen LogP contribution in [0.3, 0.4) is 0 Å². The molecule has 2 heterocycles. The van der Waals surface area contributed by atoms with Crippen LogP contribution < -0.4 is 21.0 Å². The number of benzene rings is 1. The molecule has 0 radical (unpaired) electrons. The highest BCUT2D eigenvalue weighted by atomic mass is 79.9. The van der Waals surface area contributed by atoms with Gasteiger partial charge in [0.1, 0.15) is 23.6 Å². The molecule has 0 bridgehead atoms. The van der Waals surface area contributed by atoms with Gasteiger partial charge in [-0.05, 0) is 43.7 Å². The van der Waals surface area contributed by atoms with E-state index < -0.39 is 20.4 Å². The van der Waals surface area contributed by atoms with Gasteiger partial charge in [0.2, 0.25) is 0 Å². The second-order valence-corrected chi connectivity index (χ2v) is 9.23. The summed E-state index contributed by atoms with van der Waals surface area (Å²) in [6.07, 6.45) is 1.62. The summed E-state index contributed by atoms with van der Waals surface area (Å²) in [6.45, 7) is 3.89. The van der Waals surface area contributed by atoms with E-state index in [1.165, 1.54) is 11.5 Å². The minimum atomic E-state index is -1.55. The Bertz CT molecular complexity index is 926. The number of nitrogens with two attached hydrogens (primary N) is 1. The fraction of sp³-hybridized carbons (Fsp3) is 0.421. The third-order valence-electron chi connectivity index (χ3n) is 4.42. The van der Waals surface area contributed by atoms with E-state index in [1.54, 1.807) is 12.3 Å². The number of ether oxygens (including phenoxy) is 1. The molecule has 0 spiro atoms. The zero-order valence-electron chi connectivity index (χ0n) is 16.7. The van der Waals surface area contributed by atoms with E-state index in [1.807, 2.05) is 31.2 Å². The van der Waals surface area contributed by atoms with Crippen LogP contribution >= 0.6 is 24.5 Å². The van der Waals surface area contributed by atoms with E-state index in [-0.39, 0.29) is 36.8 Å². The lowest BCUT2D eigenvalue weighted by atomic mass is 10.1. The van der Waals surface area contributed by atoms with Gasteiger partial charge in [0.25, 0.3) is 0 Å². The Hall–Kier alpha value is -1.84. The highest BCUT2D eigenvalue weighted by molar-refractivity contribution is 9.10. The Morgan fingerprint density at radius 2 is 2.13 bits per heavy atom. The zero-order valence-corrected chi connectivity index (χ0v) is 19.1. The molecule has 9 nitrogen and oxygen atoms in total. The van der Waals surface area contributed by atoms with E-state index in [0.29, 0.717) is 12.2 Å². The van der Waals surface area contributed by atoms with Crippen molar-refractivity contribution in [2.45, 2.75) is 32.6 Å². The summed E-state index contributed by atoms with van der Waals surface area (Å²) < 4.78 is 20.2. The third kappa shape index (κ3) is 6.33.